The molecular formula is C22H21FN2S. The first-order valence-corrected chi connectivity index (χ1v) is 8.89. The number of rotatable bonds is 4. The molecule has 2 nitrogen and oxygen atoms in total. The van der Waals surface area contributed by atoms with Crippen LogP contribution in [0.15, 0.2) is 72.8 Å². The lowest BCUT2D eigenvalue weighted by Gasteiger charge is -2.24. The molecule has 0 saturated carbocycles. The summed E-state index contributed by atoms with van der Waals surface area (Å²) in [5.74, 6) is -0.299. The molecule has 132 valence electrons. The highest BCUT2D eigenvalue weighted by molar-refractivity contribution is 7.80. The SMILES string of the molecule is Cc1ccc(C(NC(=S)Nc2cccc(F)c2)c2ccccc2)c(C)c1. The van der Waals surface area contributed by atoms with Crippen LogP contribution in [0.1, 0.15) is 28.3 Å². The van der Waals surface area contributed by atoms with Crippen LogP contribution in [-0.4, -0.2) is 5.11 Å². The van der Waals surface area contributed by atoms with Gasteiger partial charge >= 0.3 is 0 Å². The summed E-state index contributed by atoms with van der Waals surface area (Å²) in [6, 6.07) is 22.7. The predicted octanol–water partition coefficient (Wildman–Crippen LogP) is 5.52. The van der Waals surface area contributed by atoms with Gasteiger partial charge in [-0.15, -0.1) is 0 Å². The van der Waals surface area contributed by atoms with Gasteiger partial charge in [-0.25, -0.2) is 4.39 Å². The van der Waals surface area contributed by atoms with Gasteiger partial charge in [-0.1, -0.05) is 60.2 Å². The normalized spacial score (nSPS) is 11.7. The standard InChI is InChI=1S/C22H21FN2S/c1-15-11-12-20(16(2)13-15)21(17-7-4-3-5-8-17)25-22(26)24-19-10-6-9-18(23)14-19/h3-14,21H,1-2H3,(H2,24,25,26). The van der Waals surface area contributed by atoms with Gasteiger partial charge in [-0.05, 0) is 61.0 Å². The van der Waals surface area contributed by atoms with Crippen molar-refractivity contribution in [1.82, 2.24) is 5.32 Å². The minimum absolute atomic E-state index is 0.0923. The van der Waals surface area contributed by atoms with E-state index in [1.807, 2.05) is 18.2 Å². The average Bonchev–Trinajstić information content (AvgIpc) is 2.61. The van der Waals surface area contributed by atoms with E-state index >= 15 is 0 Å². The Balaban J connectivity index is 1.87. The first-order chi connectivity index (χ1) is 12.5. The van der Waals surface area contributed by atoms with E-state index in [0.29, 0.717) is 10.8 Å². The van der Waals surface area contributed by atoms with Crippen molar-refractivity contribution in [2.24, 2.45) is 0 Å². The second-order valence-electron chi connectivity index (χ2n) is 6.31. The molecular weight excluding hydrogens is 343 g/mol. The molecule has 1 unspecified atom stereocenters. The molecule has 0 aliphatic heterocycles. The van der Waals surface area contributed by atoms with Gasteiger partial charge in [0.15, 0.2) is 5.11 Å². The lowest BCUT2D eigenvalue weighted by atomic mass is 9.94. The van der Waals surface area contributed by atoms with Gasteiger partial charge < -0.3 is 10.6 Å². The number of nitrogens with one attached hydrogen (secondary N) is 2. The summed E-state index contributed by atoms with van der Waals surface area (Å²) >= 11 is 5.48. The molecule has 0 bridgehead atoms. The van der Waals surface area contributed by atoms with Crippen LogP contribution in [0.3, 0.4) is 0 Å². The van der Waals surface area contributed by atoms with Crippen LogP contribution in [0.25, 0.3) is 0 Å². The highest BCUT2D eigenvalue weighted by Gasteiger charge is 2.17. The smallest absolute Gasteiger partial charge is 0.171 e. The van der Waals surface area contributed by atoms with Gasteiger partial charge in [0, 0.05) is 5.69 Å². The van der Waals surface area contributed by atoms with Crippen molar-refractivity contribution in [3.8, 4) is 0 Å². The third kappa shape index (κ3) is 4.46. The topological polar surface area (TPSA) is 24.1 Å². The van der Waals surface area contributed by atoms with Gasteiger partial charge in [0.05, 0.1) is 6.04 Å². The average molecular weight is 364 g/mol. The second kappa shape index (κ2) is 8.11. The van der Waals surface area contributed by atoms with Gasteiger partial charge in [0.2, 0.25) is 0 Å². The maximum absolute atomic E-state index is 13.4. The fourth-order valence-corrected chi connectivity index (χ4v) is 3.24. The van der Waals surface area contributed by atoms with Crippen LogP contribution in [-0.2, 0) is 0 Å². The molecule has 3 rings (SSSR count). The molecule has 0 heterocycles. The van der Waals surface area contributed by atoms with Crippen molar-refractivity contribution in [2.45, 2.75) is 19.9 Å². The largest absolute Gasteiger partial charge is 0.352 e. The number of hydrogen-bond acceptors (Lipinski definition) is 1. The first-order valence-electron chi connectivity index (χ1n) is 8.48. The van der Waals surface area contributed by atoms with E-state index in [2.05, 4.69) is 54.8 Å². The number of anilines is 1. The van der Waals surface area contributed by atoms with E-state index in [-0.39, 0.29) is 11.9 Å². The van der Waals surface area contributed by atoms with Crippen molar-refractivity contribution in [1.29, 1.82) is 0 Å². The molecule has 0 aliphatic rings. The Morgan fingerprint density at radius 1 is 0.923 bits per heavy atom. The van der Waals surface area contributed by atoms with E-state index < -0.39 is 0 Å². The number of hydrogen-bond donors (Lipinski definition) is 2. The van der Waals surface area contributed by atoms with E-state index in [1.54, 1.807) is 12.1 Å². The van der Waals surface area contributed by atoms with Crippen molar-refractivity contribution in [3.63, 3.8) is 0 Å². The van der Waals surface area contributed by atoms with Crippen LogP contribution in [0.2, 0.25) is 0 Å². The quantitative estimate of drug-likeness (QED) is 0.596. The van der Waals surface area contributed by atoms with Crippen LogP contribution in [0.4, 0.5) is 10.1 Å². The summed E-state index contributed by atoms with van der Waals surface area (Å²) in [4.78, 5) is 0. The Morgan fingerprint density at radius 3 is 2.38 bits per heavy atom. The van der Waals surface area contributed by atoms with Crippen LogP contribution < -0.4 is 10.6 Å². The summed E-state index contributed by atoms with van der Waals surface area (Å²) in [5.41, 5.74) is 5.31. The zero-order valence-electron chi connectivity index (χ0n) is 14.8. The van der Waals surface area contributed by atoms with Crippen molar-refractivity contribution in [2.75, 3.05) is 5.32 Å². The molecule has 3 aromatic carbocycles. The van der Waals surface area contributed by atoms with Gasteiger partial charge in [-0.2, -0.15) is 0 Å². The van der Waals surface area contributed by atoms with Crippen LogP contribution >= 0.6 is 12.2 Å². The van der Waals surface area contributed by atoms with E-state index in [9.17, 15) is 4.39 Å². The second-order valence-corrected chi connectivity index (χ2v) is 6.72. The fourth-order valence-electron chi connectivity index (χ4n) is 3.00. The number of halogens is 1. The summed E-state index contributed by atoms with van der Waals surface area (Å²) < 4.78 is 13.4. The number of thiocarbonyl (C=S) groups is 1. The maximum Gasteiger partial charge on any atom is 0.171 e. The van der Waals surface area contributed by atoms with Crippen molar-refractivity contribution in [3.05, 3.63) is 101 Å². The lowest BCUT2D eigenvalue weighted by Crippen LogP contribution is -2.33. The van der Waals surface area contributed by atoms with E-state index in [0.717, 1.165) is 11.1 Å². The number of aryl methyl sites for hydroxylation is 2. The molecule has 0 radical (unpaired) electrons. The molecule has 0 saturated heterocycles. The van der Waals surface area contributed by atoms with Gasteiger partial charge in [-0.3, -0.25) is 0 Å². The lowest BCUT2D eigenvalue weighted by molar-refractivity contribution is 0.628. The first kappa shape index (κ1) is 18.1. The Bertz CT molecular complexity index is 909. The third-order valence-corrected chi connectivity index (χ3v) is 4.45. The predicted molar refractivity (Wildman–Crippen MR) is 110 cm³/mol. The van der Waals surface area contributed by atoms with E-state index in [4.69, 9.17) is 12.2 Å². The monoisotopic (exact) mass is 364 g/mol. The molecule has 3 aromatic rings. The van der Waals surface area contributed by atoms with Gasteiger partial charge in [0.1, 0.15) is 5.82 Å². The van der Waals surface area contributed by atoms with E-state index in [1.165, 1.54) is 23.3 Å². The van der Waals surface area contributed by atoms with Crippen molar-refractivity contribution < 1.29 is 4.39 Å². The molecule has 4 heteroatoms. The zero-order chi connectivity index (χ0) is 18.5. The molecule has 0 spiro atoms. The van der Waals surface area contributed by atoms with Crippen molar-refractivity contribution >= 4 is 23.0 Å². The highest BCUT2D eigenvalue weighted by atomic mass is 32.1. The summed E-state index contributed by atoms with van der Waals surface area (Å²) in [6.07, 6.45) is 0. The Kier molecular flexibility index (Phi) is 5.64. The minimum atomic E-state index is -0.299. The third-order valence-electron chi connectivity index (χ3n) is 4.23. The number of benzene rings is 3. The molecule has 2 N–H and O–H groups in total. The molecule has 26 heavy (non-hydrogen) atoms. The Labute approximate surface area is 159 Å². The molecule has 0 aliphatic carbocycles. The summed E-state index contributed by atoms with van der Waals surface area (Å²) in [6.45, 7) is 4.18. The highest BCUT2D eigenvalue weighted by Crippen LogP contribution is 2.26. The zero-order valence-corrected chi connectivity index (χ0v) is 15.6. The Hall–Kier alpha value is -2.72. The summed E-state index contributed by atoms with van der Waals surface area (Å²) in [7, 11) is 0. The minimum Gasteiger partial charge on any atom is -0.352 e. The van der Waals surface area contributed by atoms with Crippen LogP contribution in [0.5, 0.6) is 0 Å². The summed E-state index contributed by atoms with van der Waals surface area (Å²) in [5, 5.41) is 6.89. The van der Waals surface area contributed by atoms with Gasteiger partial charge in [0.25, 0.3) is 0 Å². The molecule has 0 amide bonds. The fraction of sp³-hybridized carbons (Fsp3) is 0.136. The molecule has 0 fully saturated rings. The molecule has 0 aromatic heterocycles. The Morgan fingerprint density at radius 2 is 1.69 bits per heavy atom. The maximum atomic E-state index is 13.4. The molecule has 1 atom stereocenters. The van der Waals surface area contributed by atoms with Crippen LogP contribution in [0, 0.1) is 19.7 Å².